The normalized spacial score (nSPS) is 22.0. The second kappa shape index (κ2) is 6.80. The van der Waals surface area contributed by atoms with Gasteiger partial charge in [0.1, 0.15) is 11.5 Å². The second-order valence-corrected chi connectivity index (χ2v) is 6.89. The third kappa shape index (κ3) is 3.35. The number of aryl methyl sites for hydroxylation is 1. The van der Waals surface area contributed by atoms with Crippen molar-refractivity contribution in [1.82, 2.24) is 20.6 Å². The van der Waals surface area contributed by atoms with Gasteiger partial charge < -0.3 is 15.5 Å². The van der Waals surface area contributed by atoms with E-state index in [4.69, 9.17) is 0 Å². The molecule has 0 radical (unpaired) electrons. The minimum atomic E-state index is -0.185. The van der Waals surface area contributed by atoms with Crippen LogP contribution in [-0.2, 0) is 6.54 Å². The van der Waals surface area contributed by atoms with Gasteiger partial charge in [0.05, 0.1) is 12.4 Å². The molecule has 2 N–H and O–H groups in total. The maximum Gasteiger partial charge on any atom is 0.271 e. The SMILES string of the molecule is Cc1ccccc1CNC(=O)c1cncc(N2C[C@@H]3CCN[C@@H]3C2)n1. The highest BCUT2D eigenvalue weighted by Crippen LogP contribution is 2.27. The Bertz CT molecular complexity index is 766. The fourth-order valence-corrected chi connectivity index (χ4v) is 3.73. The number of carbonyl (C=O) groups is 1. The van der Waals surface area contributed by atoms with Crippen LogP contribution in [0.5, 0.6) is 0 Å². The maximum absolute atomic E-state index is 12.4. The molecule has 0 saturated carbocycles. The Morgan fingerprint density at radius 3 is 3.04 bits per heavy atom. The van der Waals surface area contributed by atoms with E-state index in [0.29, 0.717) is 24.2 Å². The number of rotatable bonds is 4. The van der Waals surface area contributed by atoms with Crippen LogP contribution in [0.3, 0.4) is 0 Å². The molecule has 4 rings (SSSR count). The lowest BCUT2D eigenvalue weighted by molar-refractivity contribution is 0.0945. The van der Waals surface area contributed by atoms with E-state index in [9.17, 15) is 4.79 Å². The van der Waals surface area contributed by atoms with E-state index in [-0.39, 0.29) is 5.91 Å². The molecule has 6 heteroatoms. The third-order valence-electron chi connectivity index (χ3n) is 5.24. The van der Waals surface area contributed by atoms with Crippen LogP contribution in [0, 0.1) is 12.8 Å². The molecule has 2 atom stereocenters. The van der Waals surface area contributed by atoms with E-state index in [1.165, 1.54) is 18.2 Å². The van der Waals surface area contributed by atoms with Gasteiger partial charge in [0, 0.05) is 25.7 Å². The van der Waals surface area contributed by atoms with Crippen molar-refractivity contribution in [2.45, 2.75) is 25.9 Å². The highest BCUT2D eigenvalue weighted by atomic mass is 16.1. The molecule has 3 heterocycles. The Morgan fingerprint density at radius 1 is 1.32 bits per heavy atom. The summed E-state index contributed by atoms with van der Waals surface area (Å²) in [4.78, 5) is 23.4. The minimum Gasteiger partial charge on any atom is -0.353 e. The first-order valence-electron chi connectivity index (χ1n) is 8.84. The van der Waals surface area contributed by atoms with Crippen LogP contribution in [0.25, 0.3) is 0 Å². The number of aromatic nitrogens is 2. The van der Waals surface area contributed by atoms with Crippen molar-refractivity contribution < 1.29 is 4.79 Å². The molecule has 0 aliphatic carbocycles. The average molecular weight is 337 g/mol. The van der Waals surface area contributed by atoms with E-state index in [1.54, 1.807) is 6.20 Å². The summed E-state index contributed by atoms with van der Waals surface area (Å²) in [5.74, 6) is 1.29. The molecule has 0 bridgehead atoms. The van der Waals surface area contributed by atoms with E-state index >= 15 is 0 Å². The Labute approximate surface area is 147 Å². The number of hydrogen-bond donors (Lipinski definition) is 2. The summed E-state index contributed by atoms with van der Waals surface area (Å²) in [6.45, 7) is 5.57. The van der Waals surface area contributed by atoms with E-state index in [1.807, 2.05) is 31.2 Å². The lowest BCUT2D eigenvalue weighted by Gasteiger charge is -2.18. The summed E-state index contributed by atoms with van der Waals surface area (Å²) >= 11 is 0. The van der Waals surface area contributed by atoms with Gasteiger partial charge in [0.15, 0.2) is 0 Å². The molecular weight excluding hydrogens is 314 g/mol. The first kappa shape index (κ1) is 16.0. The predicted octanol–water partition coefficient (Wildman–Crippen LogP) is 1.51. The van der Waals surface area contributed by atoms with Gasteiger partial charge in [-0.05, 0) is 36.9 Å². The van der Waals surface area contributed by atoms with Gasteiger partial charge in [-0.3, -0.25) is 9.78 Å². The fraction of sp³-hybridized carbons (Fsp3) is 0.421. The number of fused-ring (bicyclic) bond motifs is 1. The van der Waals surface area contributed by atoms with Crippen molar-refractivity contribution in [2.75, 3.05) is 24.5 Å². The molecule has 2 aromatic rings. The highest BCUT2D eigenvalue weighted by molar-refractivity contribution is 5.92. The topological polar surface area (TPSA) is 70.2 Å². The zero-order valence-corrected chi connectivity index (χ0v) is 14.4. The van der Waals surface area contributed by atoms with Gasteiger partial charge in [-0.2, -0.15) is 0 Å². The molecule has 2 fully saturated rings. The van der Waals surface area contributed by atoms with E-state index in [0.717, 1.165) is 31.0 Å². The molecule has 6 nitrogen and oxygen atoms in total. The van der Waals surface area contributed by atoms with Crippen molar-refractivity contribution in [3.63, 3.8) is 0 Å². The summed E-state index contributed by atoms with van der Waals surface area (Å²) in [5, 5.41) is 6.47. The third-order valence-corrected chi connectivity index (χ3v) is 5.24. The van der Waals surface area contributed by atoms with Gasteiger partial charge >= 0.3 is 0 Å². The summed E-state index contributed by atoms with van der Waals surface area (Å²) in [7, 11) is 0. The lowest BCUT2D eigenvalue weighted by Crippen LogP contribution is -2.31. The standard InChI is InChI=1S/C19H23N5O/c1-13-4-2-3-5-14(13)8-22-19(25)16-9-20-10-18(23-16)24-11-15-6-7-21-17(15)12-24/h2-5,9-10,15,17,21H,6-8,11-12H2,1H3,(H,22,25)/t15-,17+/m0/s1. The van der Waals surface area contributed by atoms with Gasteiger partial charge in [-0.15, -0.1) is 0 Å². The Hall–Kier alpha value is -2.47. The zero-order chi connectivity index (χ0) is 17.2. The smallest absolute Gasteiger partial charge is 0.271 e. The van der Waals surface area contributed by atoms with Crippen LogP contribution in [0.15, 0.2) is 36.7 Å². The Morgan fingerprint density at radius 2 is 2.20 bits per heavy atom. The largest absolute Gasteiger partial charge is 0.353 e. The van der Waals surface area contributed by atoms with Crippen molar-refractivity contribution in [3.05, 3.63) is 53.5 Å². The molecule has 1 amide bonds. The number of amides is 1. The molecule has 2 saturated heterocycles. The quantitative estimate of drug-likeness (QED) is 0.885. The number of benzene rings is 1. The molecule has 130 valence electrons. The zero-order valence-electron chi connectivity index (χ0n) is 14.4. The van der Waals surface area contributed by atoms with Gasteiger partial charge in [0.2, 0.25) is 0 Å². The Balaban J connectivity index is 1.42. The molecule has 1 aromatic heterocycles. The highest BCUT2D eigenvalue weighted by Gasteiger charge is 2.36. The van der Waals surface area contributed by atoms with Crippen LogP contribution in [0.4, 0.5) is 5.82 Å². The number of nitrogens with one attached hydrogen (secondary N) is 2. The van der Waals surface area contributed by atoms with Crippen molar-refractivity contribution in [2.24, 2.45) is 5.92 Å². The van der Waals surface area contributed by atoms with Crippen molar-refractivity contribution in [1.29, 1.82) is 0 Å². The molecule has 0 spiro atoms. The molecule has 2 aliphatic rings. The fourth-order valence-electron chi connectivity index (χ4n) is 3.73. The monoisotopic (exact) mass is 337 g/mol. The number of hydrogen-bond acceptors (Lipinski definition) is 5. The van der Waals surface area contributed by atoms with E-state index < -0.39 is 0 Å². The predicted molar refractivity (Wildman–Crippen MR) is 96.5 cm³/mol. The van der Waals surface area contributed by atoms with Crippen molar-refractivity contribution in [3.8, 4) is 0 Å². The van der Waals surface area contributed by atoms with Gasteiger partial charge in [0.25, 0.3) is 5.91 Å². The molecule has 25 heavy (non-hydrogen) atoms. The summed E-state index contributed by atoms with van der Waals surface area (Å²) < 4.78 is 0. The van der Waals surface area contributed by atoms with Gasteiger partial charge in [-0.1, -0.05) is 24.3 Å². The van der Waals surface area contributed by atoms with E-state index in [2.05, 4.69) is 25.5 Å². The number of carbonyl (C=O) groups excluding carboxylic acids is 1. The average Bonchev–Trinajstić information content (AvgIpc) is 3.23. The molecule has 2 aliphatic heterocycles. The van der Waals surface area contributed by atoms with Crippen LogP contribution in [0.2, 0.25) is 0 Å². The van der Waals surface area contributed by atoms with Crippen molar-refractivity contribution >= 4 is 11.7 Å². The van der Waals surface area contributed by atoms with Gasteiger partial charge in [-0.25, -0.2) is 4.98 Å². The first-order chi connectivity index (χ1) is 12.2. The number of nitrogens with zero attached hydrogens (tertiary/aromatic N) is 3. The summed E-state index contributed by atoms with van der Waals surface area (Å²) in [6.07, 6.45) is 4.50. The molecular formula is C19H23N5O. The number of anilines is 1. The second-order valence-electron chi connectivity index (χ2n) is 6.89. The molecule has 0 unspecified atom stereocenters. The summed E-state index contributed by atoms with van der Waals surface area (Å²) in [6, 6.07) is 8.58. The van der Waals surface area contributed by atoms with Crippen LogP contribution in [0.1, 0.15) is 28.0 Å². The van der Waals surface area contributed by atoms with Crippen LogP contribution < -0.4 is 15.5 Å². The van der Waals surface area contributed by atoms with Crippen LogP contribution >= 0.6 is 0 Å². The summed E-state index contributed by atoms with van der Waals surface area (Å²) in [5.41, 5.74) is 2.65. The molecule has 1 aromatic carbocycles. The lowest BCUT2D eigenvalue weighted by atomic mass is 10.1. The van der Waals surface area contributed by atoms with Crippen LogP contribution in [-0.4, -0.2) is 41.6 Å². The first-order valence-corrected chi connectivity index (χ1v) is 8.84. The Kier molecular flexibility index (Phi) is 4.36. The minimum absolute atomic E-state index is 0.185. The maximum atomic E-state index is 12.4.